The van der Waals surface area contributed by atoms with Crippen molar-refractivity contribution in [1.29, 1.82) is 0 Å². The van der Waals surface area contributed by atoms with Gasteiger partial charge in [-0.1, -0.05) is 25.7 Å². The Kier molecular flexibility index (Phi) is 5.29. The van der Waals surface area contributed by atoms with Gasteiger partial charge in [0.2, 0.25) is 0 Å². The molecule has 92 valence electrons. The van der Waals surface area contributed by atoms with Gasteiger partial charge in [0.1, 0.15) is 0 Å². The molecule has 1 aliphatic rings. The van der Waals surface area contributed by atoms with Crippen LogP contribution in [0, 0.1) is 11.8 Å². The second-order valence-corrected chi connectivity index (χ2v) is 4.33. The van der Waals surface area contributed by atoms with Crippen molar-refractivity contribution in [3.05, 3.63) is 0 Å². The van der Waals surface area contributed by atoms with Gasteiger partial charge >= 0.3 is 11.9 Å². The van der Waals surface area contributed by atoms with Crippen molar-refractivity contribution in [1.82, 2.24) is 0 Å². The van der Waals surface area contributed by atoms with Crippen LogP contribution in [0.4, 0.5) is 0 Å². The van der Waals surface area contributed by atoms with E-state index in [4.69, 9.17) is 0 Å². The number of rotatable bonds is 5. The van der Waals surface area contributed by atoms with E-state index in [0.717, 1.165) is 6.42 Å². The number of hydrogen-bond donors (Lipinski definition) is 0. The quantitative estimate of drug-likeness (QED) is 0.533. The number of carbonyl (C=O) groups excluding carboxylic acids is 2. The molecule has 0 aliphatic heterocycles. The molecule has 1 fully saturated rings. The molecule has 0 aromatic heterocycles. The molecule has 1 saturated carbocycles. The fourth-order valence-corrected chi connectivity index (χ4v) is 2.32. The van der Waals surface area contributed by atoms with Crippen LogP contribution in [0.2, 0.25) is 0 Å². The first-order chi connectivity index (χ1) is 7.69. The topological polar surface area (TPSA) is 52.6 Å². The molecule has 0 amide bonds. The highest BCUT2D eigenvalue weighted by molar-refractivity contribution is 5.94. The van der Waals surface area contributed by atoms with Gasteiger partial charge in [0.25, 0.3) is 0 Å². The Morgan fingerprint density at radius 1 is 1.12 bits per heavy atom. The molecular formula is C12H20O4. The summed E-state index contributed by atoms with van der Waals surface area (Å²) in [6.45, 7) is 0. The molecule has 4 heteroatoms. The third-order valence-electron chi connectivity index (χ3n) is 3.31. The number of esters is 2. The van der Waals surface area contributed by atoms with E-state index in [1.165, 1.54) is 39.9 Å². The maximum atomic E-state index is 11.4. The molecule has 0 spiro atoms. The molecule has 0 unspecified atom stereocenters. The van der Waals surface area contributed by atoms with Crippen LogP contribution in [0.1, 0.15) is 38.5 Å². The molecule has 0 N–H and O–H groups in total. The number of ether oxygens (including phenoxy) is 2. The van der Waals surface area contributed by atoms with E-state index >= 15 is 0 Å². The Labute approximate surface area is 96.3 Å². The SMILES string of the molecule is COC(=O)C(CCC1CCCC1)C(=O)OC. The monoisotopic (exact) mass is 228 g/mol. The molecular weight excluding hydrogens is 208 g/mol. The number of carbonyl (C=O) groups is 2. The first kappa shape index (κ1) is 13.0. The minimum Gasteiger partial charge on any atom is -0.468 e. The largest absolute Gasteiger partial charge is 0.468 e. The second-order valence-electron chi connectivity index (χ2n) is 4.33. The Morgan fingerprint density at radius 3 is 2.06 bits per heavy atom. The van der Waals surface area contributed by atoms with Crippen LogP contribution < -0.4 is 0 Å². The standard InChI is InChI=1S/C12H20O4/c1-15-11(13)10(12(14)16-2)8-7-9-5-3-4-6-9/h9-10H,3-8H2,1-2H3. The fraction of sp³-hybridized carbons (Fsp3) is 0.833. The maximum Gasteiger partial charge on any atom is 0.320 e. The van der Waals surface area contributed by atoms with E-state index in [0.29, 0.717) is 12.3 Å². The Morgan fingerprint density at radius 2 is 1.62 bits per heavy atom. The van der Waals surface area contributed by atoms with E-state index in [1.807, 2.05) is 0 Å². The minimum atomic E-state index is -0.740. The minimum absolute atomic E-state index is 0.482. The van der Waals surface area contributed by atoms with Gasteiger partial charge in [-0.2, -0.15) is 0 Å². The van der Waals surface area contributed by atoms with Crippen LogP contribution in [0.25, 0.3) is 0 Å². The van der Waals surface area contributed by atoms with Crippen LogP contribution in [-0.2, 0) is 19.1 Å². The molecule has 0 aromatic rings. The van der Waals surface area contributed by atoms with Gasteiger partial charge in [-0.25, -0.2) is 0 Å². The predicted molar refractivity (Wildman–Crippen MR) is 58.7 cm³/mol. The lowest BCUT2D eigenvalue weighted by Crippen LogP contribution is -2.27. The summed E-state index contributed by atoms with van der Waals surface area (Å²) in [6.07, 6.45) is 6.43. The van der Waals surface area contributed by atoms with Crippen molar-refractivity contribution in [2.45, 2.75) is 38.5 Å². The maximum absolute atomic E-state index is 11.4. The first-order valence-corrected chi connectivity index (χ1v) is 5.84. The highest BCUT2D eigenvalue weighted by Gasteiger charge is 2.29. The lowest BCUT2D eigenvalue weighted by molar-refractivity contribution is -0.159. The summed E-state index contributed by atoms with van der Waals surface area (Å²) in [4.78, 5) is 22.8. The molecule has 0 heterocycles. The van der Waals surface area contributed by atoms with Gasteiger partial charge in [0.05, 0.1) is 14.2 Å². The third-order valence-corrected chi connectivity index (χ3v) is 3.31. The molecule has 0 saturated heterocycles. The second kappa shape index (κ2) is 6.51. The zero-order chi connectivity index (χ0) is 12.0. The molecule has 0 radical (unpaired) electrons. The first-order valence-electron chi connectivity index (χ1n) is 5.84. The van der Waals surface area contributed by atoms with Gasteiger partial charge in [-0.05, 0) is 18.8 Å². The van der Waals surface area contributed by atoms with Crippen LogP contribution >= 0.6 is 0 Å². The zero-order valence-electron chi connectivity index (χ0n) is 10.0. The van der Waals surface area contributed by atoms with Crippen molar-refractivity contribution in [2.24, 2.45) is 11.8 Å². The van der Waals surface area contributed by atoms with E-state index in [9.17, 15) is 9.59 Å². The van der Waals surface area contributed by atoms with Crippen molar-refractivity contribution in [3.8, 4) is 0 Å². The lowest BCUT2D eigenvalue weighted by Gasteiger charge is -2.14. The number of hydrogen-bond acceptors (Lipinski definition) is 4. The zero-order valence-corrected chi connectivity index (χ0v) is 10.0. The van der Waals surface area contributed by atoms with Crippen LogP contribution in [0.5, 0.6) is 0 Å². The lowest BCUT2D eigenvalue weighted by atomic mass is 9.95. The van der Waals surface area contributed by atoms with Crippen LogP contribution in [-0.4, -0.2) is 26.2 Å². The van der Waals surface area contributed by atoms with Crippen molar-refractivity contribution < 1.29 is 19.1 Å². The predicted octanol–water partition coefficient (Wildman–Crippen LogP) is 1.92. The van der Waals surface area contributed by atoms with E-state index in [1.54, 1.807) is 0 Å². The normalized spacial score (nSPS) is 16.4. The summed E-state index contributed by atoms with van der Waals surface area (Å²) in [5.74, 6) is -1.04. The van der Waals surface area contributed by atoms with E-state index in [2.05, 4.69) is 9.47 Å². The van der Waals surface area contributed by atoms with Crippen LogP contribution in [0.15, 0.2) is 0 Å². The summed E-state index contributed by atoms with van der Waals surface area (Å²) in [7, 11) is 2.60. The molecule has 0 aromatic carbocycles. The van der Waals surface area contributed by atoms with E-state index < -0.39 is 17.9 Å². The summed E-state index contributed by atoms with van der Waals surface area (Å²) < 4.78 is 9.22. The molecule has 16 heavy (non-hydrogen) atoms. The molecule has 0 bridgehead atoms. The average Bonchev–Trinajstić information content (AvgIpc) is 2.81. The average molecular weight is 228 g/mol. The molecule has 1 aliphatic carbocycles. The van der Waals surface area contributed by atoms with Gasteiger partial charge in [-0.15, -0.1) is 0 Å². The Bertz CT molecular complexity index is 227. The Balaban J connectivity index is 2.42. The van der Waals surface area contributed by atoms with Gasteiger partial charge in [0, 0.05) is 0 Å². The summed E-state index contributed by atoms with van der Waals surface area (Å²) in [5, 5.41) is 0. The van der Waals surface area contributed by atoms with Gasteiger partial charge in [0.15, 0.2) is 5.92 Å². The Hall–Kier alpha value is -1.06. The summed E-state index contributed by atoms with van der Waals surface area (Å²) in [5.41, 5.74) is 0. The van der Waals surface area contributed by atoms with Crippen molar-refractivity contribution >= 4 is 11.9 Å². The van der Waals surface area contributed by atoms with Crippen LogP contribution in [0.3, 0.4) is 0 Å². The molecule has 0 atom stereocenters. The summed E-state index contributed by atoms with van der Waals surface area (Å²) in [6, 6.07) is 0. The smallest absolute Gasteiger partial charge is 0.320 e. The summed E-state index contributed by atoms with van der Waals surface area (Å²) >= 11 is 0. The molecule has 4 nitrogen and oxygen atoms in total. The van der Waals surface area contributed by atoms with Crippen molar-refractivity contribution in [3.63, 3.8) is 0 Å². The third kappa shape index (κ3) is 3.51. The van der Waals surface area contributed by atoms with Gasteiger partial charge in [-0.3, -0.25) is 9.59 Å². The van der Waals surface area contributed by atoms with Crippen molar-refractivity contribution in [2.75, 3.05) is 14.2 Å². The van der Waals surface area contributed by atoms with Gasteiger partial charge < -0.3 is 9.47 Å². The highest BCUT2D eigenvalue weighted by atomic mass is 16.5. The highest BCUT2D eigenvalue weighted by Crippen LogP contribution is 2.30. The number of methoxy groups -OCH3 is 2. The van der Waals surface area contributed by atoms with E-state index in [-0.39, 0.29) is 0 Å². The fourth-order valence-electron chi connectivity index (χ4n) is 2.32. The molecule has 1 rings (SSSR count).